The van der Waals surface area contributed by atoms with E-state index in [9.17, 15) is 4.79 Å². The van der Waals surface area contributed by atoms with Gasteiger partial charge >= 0.3 is 0 Å². The molecule has 2 aromatic heterocycles. The first kappa shape index (κ1) is 12.7. The van der Waals surface area contributed by atoms with E-state index >= 15 is 0 Å². The van der Waals surface area contributed by atoms with Crippen LogP contribution in [0.5, 0.6) is 0 Å². The zero-order valence-electron chi connectivity index (χ0n) is 11.5. The van der Waals surface area contributed by atoms with Crippen molar-refractivity contribution in [3.05, 3.63) is 48.0 Å². The van der Waals surface area contributed by atoms with E-state index in [-0.39, 0.29) is 11.9 Å². The van der Waals surface area contributed by atoms with Crippen LogP contribution in [-0.2, 0) is 7.05 Å². The molecule has 1 aliphatic heterocycles. The molecule has 0 saturated carbocycles. The van der Waals surface area contributed by atoms with E-state index in [2.05, 4.69) is 4.98 Å². The molecule has 1 aliphatic rings. The van der Waals surface area contributed by atoms with Crippen LogP contribution in [0.3, 0.4) is 0 Å². The van der Waals surface area contributed by atoms with Gasteiger partial charge in [-0.25, -0.2) is 0 Å². The highest BCUT2D eigenvalue weighted by atomic mass is 16.2. The average molecular weight is 270 g/mol. The standard InChI is InChI=1S/C15H18N4O/c1-18-10-12(16)9-14(18)15(20)19-8-2-3-13(19)11-4-6-17-7-5-11/h4-7,9-10,13H,2-3,8,16H2,1H3. The zero-order valence-corrected chi connectivity index (χ0v) is 11.5. The molecule has 1 atom stereocenters. The van der Waals surface area contributed by atoms with Crippen molar-refractivity contribution in [2.75, 3.05) is 12.3 Å². The highest BCUT2D eigenvalue weighted by molar-refractivity contribution is 5.94. The van der Waals surface area contributed by atoms with E-state index in [1.165, 1.54) is 0 Å². The molecule has 0 bridgehead atoms. The van der Waals surface area contributed by atoms with Crippen molar-refractivity contribution in [3.8, 4) is 0 Å². The number of hydrogen-bond acceptors (Lipinski definition) is 3. The summed E-state index contributed by atoms with van der Waals surface area (Å²) in [6, 6.07) is 5.84. The molecule has 104 valence electrons. The second kappa shape index (κ2) is 5.00. The first-order valence-corrected chi connectivity index (χ1v) is 6.79. The molecule has 1 saturated heterocycles. The Labute approximate surface area is 118 Å². The quantitative estimate of drug-likeness (QED) is 0.907. The fourth-order valence-electron chi connectivity index (χ4n) is 2.89. The smallest absolute Gasteiger partial charge is 0.271 e. The minimum atomic E-state index is 0.0449. The maximum Gasteiger partial charge on any atom is 0.271 e. The van der Waals surface area contributed by atoms with Gasteiger partial charge in [0.25, 0.3) is 5.91 Å². The minimum Gasteiger partial charge on any atom is -0.397 e. The van der Waals surface area contributed by atoms with Gasteiger partial charge < -0.3 is 15.2 Å². The largest absolute Gasteiger partial charge is 0.397 e. The van der Waals surface area contributed by atoms with Gasteiger partial charge in [-0.05, 0) is 36.6 Å². The maximum atomic E-state index is 12.7. The van der Waals surface area contributed by atoms with Crippen LogP contribution >= 0.6 is 0 Å². The summed E-state index contributed by atoms with van der Waals surface area (Å²) in [6.45, 7) is 0.789. The van der Waals surface area contributed by atoms with Crippen molar-refractivity contribution in [2.24, 2.45) is 7.05 Å². The van der Waals surface area contributed by atoms with Crippen molar-refractivity contribution in [1.29, 1.82) is 0 Å². The van der Waals surface area contributed by atoms with Gasteiger partial charge in [-0.15, -0.1) is 0 Å². The number of likely N-dealkylation sites (tertiary alicyclic amines) is 1. The molecule has 20 heavy (non-hydrogen) atoms. The summed E-state index contributed by atoms with van der Waals surface area (Å²) < 4.78 is 1.79. The van der Waals surface area contributed by atoms with Crippen molar-refractivity contribution >= 4 is 11.6 Å². The Morgan fingerprint density at radius 2 is 2.15 bits per heavy atom. The molecular formula is C15H18N4O. The van der Waals surface area contributed by atoms with Gasteiger partial charge in [-0.1, -0.05) is 0 Å². The van der Waals surface area contributed by atoms with Crippen molar-refractivity contribution in [3.63, 3.8) is 0 Å². The lowest BCUT2D eigenvalue weighted by Crippen LogP contribution is -2.31. The van der Waals surface area contributed by atoms with E-state index in [4.69, 9.17) is 5.73 Å². The van der Waals surface area contributed by atoms with E-state index < -0.39 is 0 Å². The summed E-state index contributed by atoms with van der Waals surface area (Å²) in [6.07, 6.45) is 7.34. The average Bonchev–Trinajstić information content (AvgIpc) is 3.05. The predicted molar refractivity (Wildman–Crippen MR) is 77.1 cm³/mol. The third-order valence-electron chi connectivity index (χ3n) is 3.85. The number of aryl methyl sites for hydroxylation is 1. The van der Waals surface area contributed by atoms with E-state index in [1.807, 2.05) is 24.1 Å². The van der Waals surface area contributed by atoms with Crippen LogP contribution in [0.25, 0.3) is 0 Å². The van der Waals surface area contributed by atoms with Crippen LogP contribution < -0.4 is 5.73 Å². The number of carbonyl (C=O) groups excluding carboxylic acids is 1. The molecule has 2 aromatic rings. The fourth-order valence-corrected chi connectivity index (χ4v) is 2.89. The molecule has 5 nitrogen and oxygen atoms in total. The van der Waals surface area contributed by atoms with Crippen LogP contribution in [-0.4, -0.2) is 26.9 Å². The summed E-state index contributed by atoms with van der Waals surface area (Å²) in [5, 5.41) is 0. The Balaban J connectivity index is 1.89. The van der Waals surface area contributed by atoms with Gasteiger partial charge in [0.15, 0.2) is 0 Å². The first-order valence-electron chi connectivity index (χ1n) is 6.79. The Bertz CT molecular complexity index is 620. The Kier molecular flexibility index (Phi) is 3.18. The van der Waals surface area contributed by atoms with Crippen molar-refractivity contribution in [1.82, 2.24) is 14.5 Å². The highest BCUT2D eigenvalue weighted by Gasteiger charge is 2.31. The molecule has 3 heterocycles. The fraction of sp³-hybridized carbons (Fsp3) is 0.333. The van der Waals surface area contributed by atoms with E-state index in [1.54, 1.807) is 29.2 Å². The molecule has 2 N–H and O–H groups in total. The summed E-state index contributed by atoms with van der Waals surface area (Å²) in [5.41, 5.74) is 8.17. The molecule has 0 radical (unpaired) electrons. The number of aromatic nitrogens is 2. The molecule has 1 fully saturated rings. The number of rotatable bonds is 2. The summed E-state index contributed by atoms with van der Waals surface area (Å²) in [7, 11) is 1.85. The van der Waals surface area contributed by atoms with E-state index in [0.29, 0.717) is 11.4 Å². The third kappa shape index (κ3) is 2.15. The van der Waals surface area contributed by atoms with Gasteiger partial charge in [0.2, 0.25) is 0 Å². The number of nitrogens with zero attached hydrogens (tertiary/aromatic N) is 3. The number of pyridine rings is 1. The minimum absolute atomic E-state index is 0.0449. The molecular weight excluding hydrogens is 252 g/mol. The summed E-state index contributed by atoms with van der Waals surface area (Å²) in [4.78, 5) is 18.7. The molecule has 1 unspecified atom stereocenters. The van der Waals surface area contributed by atoms with Crippen molar-refractivity contribution < 1.29 is 4.79 Å². The number of anilines is 1. The third-order valence-corrected chi connectivity index (χ3v) is 3.85. The number of carbonyl (C=O) groups is 1. The maximum absolute atomic E-state index is 12.7. The predicted octanol–water partition coefficient (Wildman–Crippen LogP) is 1.98. The second-order valence-electron chi connectivity index (χ2n) is 5.21. The molecule has 3 rings (SSSR count). The zero-order chi connectivity index (χ0) is 14.1. The van der Waals surface area contributed by atoms with Crippen LogP contribution in [0.15, 0.2) is 36.8 Å². The van der Waals surface area contributed by atoms with Crippen molar-refractivity contribution in [2.45, 2.75) is 18.9 Å². The number of nitrogens with two attached hydrogens (primary N) is 1. The lowest BCUT2D eigenvalue weighted by Gasteiger charge is -2.25. The Morgan fingerprint density at radius 3 is 2.80 bits per heavy atom. The Hall–Kier alpha value is -2.30. The summed E-state index contributed by atoms with van der Waals surface area (Å²) in [5.74, 6) is 0.0449. The van der Waals surface area contributed by atoms with Crippen LogP contribution in [0.4, 0.5) is 5.69 Å². The number of amides is 1. The highest BCUT2D eigenvalue weighted by Crippen LogP contribution is 2.33. The lowest BCUT2D eigenvalue weighted by molar-refractivity contribution is 0.0726. The molecule has 0 spiro atoms. The molecule has 5 heteroatoms. The second-order valence-corrected chi connectivity index (χ2v) is 5.21. The normalized spacial score (nSPS) is 18.4. The monoisotopic (exact) mass is 270 g/mol. The van der Waals surface area contributed by atoms with Gasteiger partial charge in [-0.3, -0.25) is 9.78 Å². The van der Waals surface area contributed by atoms with Gasteiger partial charge in [0, 0.05) is 32.2 Å². The number of nitrogen functional groups attached to an aromatic ring is 1. The number of hydrogen-bond donors (Lipinski definition) is 1. The first-order chi connectivity index (χ1) is 9.66. The molecule has 0 aromatic carbocycles. The van der Waals surface area contributed by atoms with Gasteiger partial charge in [0.05, 0.1) is 11.7 Å². The van der Waals surface area contributed by atoms with Crippen LogP contribution in [0, 0.1) is 0 Å². The topological polar surface area (TPSA) is 64.2 Å². The van der Waals surface area contributed by atoms with Gasteiger partial charge in [-0.2, -0.15) is 0 Å². The van der Waals surface area contributed by atoms with Gasteiger partial charge in [0.1, 0.15) is 5.69 Å². The molecule has 1 amide bonds. The summed E-state index contributed by atoms with van der Waals surface area (Å²) >= 11 is 0. The van der Waals surface area contributed by atoms with E-state index in [0.717, 1.165) is 24.9 Å². The molecule has 0 aliphatic carbocycles. The van der Waals surface area contributed by atoms with Crippen LogP contribution in [0.1, 0.15) is 34.9 Å². The SMILES string of the molecule is Cn1cc(N)cc1C(=O)N1CCCC1c1ccncc1. The lowest BCUT2D eigenvalue weighted by atomic mass is 10.1. The van der Waals surface area contributed by atoms with Crippen LogP contribution in [0.2, 0.25) is 0 Å². The Morgan fingerprint density at radius 1 is 1.40 bits per heavy atom.